The number of carbonyl (C=O) groups excluding carboxylic acids is 2. The van der Waals surface area contributed by atoms with Gasteiger partial charge in [-0.1, -0.05) is 23.9 Å². The van der Waals surface area contributed by atoms with Crippen LogP contribution in [0.1, 0.15) is 23.1 Å². The Morgan fingerprint density at radius 1 is 1.10 bits per heavy atom. The first-order valence-corrected chi connectivity index (χ1v) is 10.5. The van der Waals surface area contributed by atoms with Crippen LogP contribution >= 0.6 is 11.8 Å². The van der Waals surface area contributed by atoms with Crippen LogP contribution in [-0.2, 0) is 17.9 Å². The van der Waals surface area contributed by atoms with Gasteiger partial charge in [0.25, 0.3) is 5.91 Å². The summed E-state index contributed by atoms with van der Waals surface area (Å²) in [5.74, 6) is 1.31. The molecule has 3 aromatic rings. The molecule has 2 aromatic carbocycles. The molecular weight excluding hydrogens is 418 g/mol. The minimum atomic E-state index is -0.601. The molecule has 0 radical (unpaired) electrons. The Kier molecular flexibility index (Phi) is 7.50. The molecule has 0 unspecified atom stereocenters. The van der Waals surface area contributed by atoms with E-state index in [1.807, 2.05) is 35.8 Å². The summed E-state index contributed by atoms with van der Waals surface area (Å²) in [6, 6.07) is 13.9. The first kappa shape index (κ1) is 22.2. The molecule has 0 saturated heterocycles. The fourth-order valence-corrected chi connectivity index (χ4v) is 3.61. The van der Waals surface area contributed by atoms with Crippen LogP contribution < -0.4 is 20.5 Å². The highest BCUT2D eigenvalue weighted by atomic mass is 32.2. The zero-order valence-corrected chi connectivity index (χ0v) is 18.0. The van der Waals surface area contributed by atoms with E-state index in [2.05, 4.69) is 15.5 Å². The number of nitrogens with two attached hydrogens (primary N) is 1. The molecule has 1 aromatic heterocycles. The third-order valence-corrected chi connectivity index (χ3v) is 5.30. The molecule has 3 rings (SSSR count). The molecule has 1 heterocycles. The van der Waals surface area contributed by atoms with Gasteiger partial charge in [0.2, 0.25) is 5.91 Å². The summed E-state index contributed by atoms with van der Waals surface area (Å²) < 4.78 is 12.8. The van der Waals surface area contributed by atoms with E-state index < -0.39 is 5.91 Å². The van der Waals surface area contributed by atoms with Gasteiger partial charge in [-0.05, 0) is 43.3 Å². The average molecular weight is 442 g/mol. The smallest absolute Gasteiger partial charge is 0.250 e. The van der Waals surface area contributed by atoms with Crippen molar-refractivity contribution in [2.75, 3.05) is 18.2 Å². The van der Waals surface area contributed by atoms with Crippen LogP contribution in [0, 0.1) is 0 Å². The van der Waals surface area contributed by atoms with Gasteiger partial charge >= 0.3 is 0 Å². The third-order valence-electron chi connectivity index (χ3n) is 4.34. The standard InChI is InChI=1S/C21H23N5O4S/c1-3-26-18(12-30-15-10-8-14(29-2)9-11-15)24-25-21(26)31-13-19(27)23-17-7-5-4-6-16(17)20(22)28/h4-11H,3,12-13H2,1-2H3,(H2,22,28)(H,23,27). The molecule has 31 heavy (non-hydrogen) atoms. The minimum Gasteiger partial charge on any atom is -0.497 e. The number of para-hydroxylation sites is 1. The summed E-state index contributed by atoms with van der Waals surface area (Å²) in [5.41, 5.74) is 5.99. The van der Waals surface area contributed by atoms with Crippen LogP contribution in [0.4, 0.5) is 5.69 Å². The molecule has 0 fully saturated rings. The topological polar surface area (TPSA) is 121 Å². The number of nitrogens with zero attached hydrogens (tertiary/aromatic N) is 3. The van der Waals surface area contributed by atoms with E-state index >= 15 is 0 Å². The number of carbonyl (C=O) groups is 2. The summed E-state index contributed by atoms with van der Waals surface area (Å²) in [7, 11) is 1.61. The highest BCUT2D eigenvalue weighted by Gasteiger charge is 2.15. The third kappa shape index (κ3) is 5.76. The number of hydrogen-bond acceptors (Lipinski definition) is 7. The summed E-state index contributed by atoms with van der Waals surface area (Å²) in [5, 5.41) is 11.7. The first-order chi connectivity index (χ1) is 15.0. The van der Waals surface area contributed by atoms with Crippen molar-refractivity contribution in [3.05, 3.63) is 59.9 Å². The van der Waals surface area contributed by atoms with E-state index in [1.54, 1.807) is 31.4 Å². The maximum atomic E-state index is 12.4. The number of primary amides is 1. The van der Waals surface area contributed by atoms with Gasteiger partial charge in [-0.2, -0.15) is 0 Å². The van der Waals surface area contributed by atoms with Crippen LogP contribution in [0.15, 0.2) is 53.7 Å². The van der Waals surface area contributed by atoms with E-state index in [9.17, 15) is 9.59 Å². The van der Waals surface area contributed by atoms with Gasteiger partial charge in [-0.15, -0.1) is 10.2 Å². The van der Waals surface area contributed by atoms with Crippen LogP contribution in [0.5, 0.6) is 11.5 Å². The number of nitrogens with one attached hydrogen (secondary N) is 1. The highest BCUT2D eigenvalue weighted by molar-refractivity contribution is 7.99. The predicted molar refractivity (Wildman–Crippen MR) is 117 cm³/mol. The van der Waals surface area contributed by atoms with Crippen LogP contribution in [0.2, 0.25) is 0 Å². The number of aromatic nitrogens is 3. The second-order valence-electron chi connectivity index (χ2n) is 6.35. The Bertz CT molecular complexity index is 1050. The monoisotopic (exact) mass is 441 g/mol. The molecule has 0 saturated carbocycles. The van der Waals surface area contributed by atoms with Crippen molar-refractivity contribution >= 4 is 29.3 Å². The molecule has 0 atom stereocenters. The first-order valence-electron chi connectivity index (χ1n) is 9.52. The predicted octanol–water partition coefficient (Wildman–Crippen LogP) is 2.72. The number of hydrogen-bond donors (Lipinski definition) is 2. The second kappa shape index (κ2) is 10.5. The van der Waals surface area contributed by atoms with Crippen molar-refractivity contribution in [3.8, 4) is 11.5 Å². The fraction of sp³-hybridized carbons (Fsp3) is 0.238. The Morgan fingerprint density at radius 2 is 1.81 bits per heavy atom. The van der Waals surface area contributed by atoms with Crippen molar-refractivity contribution in [1.29, 1.82) is 0 Å². The summed E-state index contributed by atoms with van der Waals surface area (Å²) in [6.07, 6.45) is 0. The molecule has 10 heteroatoms. The molecule has 0 aliphatic rings. The summed E-state index contributed by atoms with van der Waals surface area (Å²) >= 11 is 1.25. The quantitative estimate of drug-likeness (QED) is 0.464. The van der Waals surface area contributed by atoms with E-state index in [0.29, 0.717) is 29.0 Å². The zero-order valence-electron chi connectivity index (χ0n) is 17.2. The number of benzene rings is 2. The second-order valence-corrected chi connectivity index (χ2v) is 7.30. The largest absolute Gasteiger partial charge is 0.497 e. The number of ether oxygens (including phenoxy) is 2. The van der Waals surface area contributed by atoms with E-state index in [0.717, 1.165) is 5.75 Å². The molecule has 3 N–H and O–H groups in total. The lowest BCUT2D eigenvalue weighted by molar-refractivity contribution is -0.113. The minimum absolute atomic E-state index is 0.102. The highest BCUT2D eigenvalue weighted by Crippen LogP contribution is 2.21. The molecule has 0 aliphatic heterocycles. The molecule has 9 nitrogen and oxygen atoms in total. The normalized spacial score (nSPS) is 10.5. The van der Waals surface area contributed by atoms with Crippen LogP contribution in [-0.4, -0.2) is 39.4 Å². The van der Waals surface area contributed by atoms with E-state index in [4.69, 9.17) is 15.2 Å². The molecular formula is C21H23N5O4S. The number of amides is 2. The van der Waals surface area contributed by atoms with E-state index in [1.165, 1.54) is 11.8 Å². The van der Waals surface area contributed by atoms with Crippen molar-refractivity contribution in [1.82, 2.24) is 14.8 Å². The summed E-state index contributed by atoms with van der Waals surface area (Å²) in [6.45, 7) is 2.84. The molecule has 0 bridgehead atoms. The van der Waals surface area contributed by atoms with Gasteiger partial charge in [0.05, 0.1) is 24.1 Å². The van der Waals surface area contributed by atoms with Gasteiger partial charge in [0, 0.05) is 6.54 Å². The summed E-state index contributed by atoms with van der Waals surface area (Å²) in [4.78, 5) is 23.8. The van der Waals surface area contributed by atoms with Crippen LogP contribution in [0.3, 0.4) is 0 Å². The maximum absolute atomic E-state index is 12.4. The lowest BCUT2D eigenvalue weighted by atomic mass is 10.1. The van der Waals surface area contributed by atoms with Gasteiger partial charge in [-0.3, -0.25) is 9.59 Å². The fourth-order valence-electron chi connectivity index (χ4n) is 2.79. The van der Waals surface area contributed by atoms with Gasteiger partial charge in [0.1, 0.15) is 18.1 Å². The number of thioether (sulfide) groups is 1. The number of anilines is 1. The lowest BCUT2D eigenvalue weighted by Crippen LogP contribution is -2.19. The SMILES string of the molecule is CCn1c(COc2ccc(OC)cc2)nnc1SCC(=O)Nc1ccccc1C(N)=O. The molecule has 162 valence electrons. The van der Waals surface area contributed by atoms with Crippen LogP contribution in [0.25, 0.3) is 0 Å². The zero-order chi connectivity index (χ0) is 22.2. The number of methoxy groups -OCH3 is 1. The Balaban J connectivity index is 1.59. The van der Waals surface area contributed by atoms with Gasteiger partial charge in [0.15, 0.2) is 11.0 Å². The average Bonchev–Trinajstić information content (AvgIpc) is 3.18. The van der Waals surface area contributed by atoms with E-state index in [-0.39, 0.29) is 23.8 Å². The molecule has 2 amide bonds. The number of rotatable bonds is 10. The van der Waals surface area contributed by atoms with Crippen molar-refractivity contribution in [3.63, 3.8) is 0 Å². The Hall–Kier alpha value is -3.53. The van der Waals surface area contributed by atoms with Crippen molar-refractivity contribution in [2.45, 2.75) is 25.2 Å². The molecule has 0 spiro atoms. The Morgan fingerprint density at radius 3 is 2.48 bits per heavy atom. The lowest BCUT2D eigenvalue weighted by Gasteiger charge is -2.10. The molecule has 0 aliphatic carbocycles. The Labute approximate surface area is 183 Å². The van der Waals surface area contributed by atoms with Crippen molar-refractivity contribution < 1.29 is 19.1 Å². The maximum Gasteiger partial charge on any atom is 0.250 e. The van der Waals surface area contributed by atoms with Gasteiger partial charge in [-0.25, -0.2) is 0 Å². The van der Waals surface area contributed by atoms with Crippen molar-refractivity contribution in [2.24, 2.45) is 5.73 Å². The van der Waals surface area contributed by atoms with Gasteiger partial charge < -0.3 is 25.1 Å².